The van der Waals surface area contributed by atoms with Gasteiger partial charge in [0.05, 0.1) is 17.8 Å². The van der Waals surface area contributed by atoms with E-state index in [1.807, 2.05) is 37.3 Å². The molecule has 192 valence electrons. The van der Waals surface area contributed by atoms with Crippen molar-refractivity contribution in [3.8, 4) is 11.1 Å². The highest BCUT2D eigenvalue weighted by Gasteiger charge is 2.66. The molecule has 2 N–H and O–H groups in total. The molecule has 1 saturated carbocycles. The minimum absolute atomic E-state index is 0.0946. The van der Waals surface area contributed by atoms with Crippen LogP contribution in [0.2, 0.25) is 0 Å². The van der Waals surface area contributed by atoms with Gasteiger partial charge in [-0.2, -0.15) is 0 Å². The summed E-state index contributed by atoms with van der Waals surface area (Å²) in [5.41, 5.74) is 0.145. The highest BCUT2D eigenvalue weighted by Crippen LogP contribution is 2.56. The maximum atomic E-state index is 13.6. The van der Waals surface area contributed by atoms with Crippen LogP contribution in [0.15, 0.2) is 48.7 Å². The number of nitrogens with zero attached hydrogens (tertiary/aromatic N) is 1. The summed E-state index contributed by atoms with van der Waals surface area (Å²) in [6, 6.07) is 10.1. The Labute approximate surface area is 212 Å². The molecule has 1 aliphatic heterocycles. The maximum absolute atomic E-state index is 13.6. The van der Waals surface area contributed by atoms with Crippen LogP contribution in [-0.4, -0.2) is 40.2 Å². The van der Waals surface area contributed by atoms with Crippen LogP contribution in [0.1, 0.15) is 46.7 Å². The summed E-state index contributed by atoms with van der Waals surface area (Å²) in [5.74, 6) is -1.29. The Morgan fingerprint density at radius 3 is 2.64 bits per heavy atom. The molecule has 1 amide bonds. The summed E-state index contributed by atoms with van der Waals surface area (Å²) in [7, 11) is 0. The van der Waals surface area contributed by atoms with E-state index in [1.54, 1.807) is 26.1 Å². The van der Waals surface area contributed by atoms with E-state index < -0.39 is 23.0 Å². The van der Waals surface area contributed by atoms with Gasteiger partial charge in [0.15, 0.2) is 5.41 Å². The second kappa shape index (κ2) is 9.77. The lowest BCUT2D eigenvalue weighted by atomic mass is 9.54. The van der Waals surface area contributed by atoms with Crippen molar-refractivity contribution in [2.24, 2.45) is 29.1 Å². The Morgan fingerprint density at radius 1 is 1.25 bits per heavy atom. The van der Waals surface area contributed by atoms with Crippen molar-refractivity contribution in [2.75, 3.05) is 6.61 Å². The predicted molar refractivity (Wildman–Crippen MR) is 136 cm³/mol. The first-order chi connectivity index (χ1) is 17.0. The van der Waals surface area contributed by atoms with Gasteiger partial charge in [-0.15, -0.1) is 0 Å². The second-order valence-electron chi connectivity index (χ2n) is 11.1. The third kappa shape index (κ3) is 4.69. The van der Waals surface area contributed by atoms with E-state index in [2.05, 4.69) is 24.1 Å². The molecule has 2 fully saturated rings. The molecule has 6 nitrogen and oxygen atoms in total. The first kappa shape index (κ1) is 26.0. The van der Waals surface area contributed by atoms with Gasteiger partial charge in [-0.1, -0.05) is 38.1 Å². The van der Waals surface area contributed by atoms with Crippen LogP contribution >= 0.6 is 0 Å². The first-order valence-corrected chi connectivity index (χ1v) is 12.5. The van der Waals surface area contributed by atoms with Crippen molar-refractivity contribution < 1.29 is 23.8 Å². The number of aliphatic hydroxyl groups is 1. The summed E-state index contributed by atoms with van der Waals surface area (Å²) in [6.45, 7) is 9.28. The highest BCUT2D eigenvalue weighted by molar-refractivity contribution is 6.05. The van der Waals surface area contributed by atoms with Gasteiger partial charge in [-0.05, 0) is 74.8 Å². The number of carbonyl (C=O) groups is 2. The fourth-order valence-corrected chi connectivity index (χ4v) is 5.79. The number of rotatable bonds is 6. The molecule has 1 aliphatic carbocycles. The van der Waals surface area contributed by atoms with E-state index in [0.29, 0.717) is 6.42 Å². The molecular weight excluding hydrogens is 459 g/mol. The number of benzene rings is 1. The van der Waals surface area contributed by atoms with Crippen molar-refractivity contribution >= 4 is 18.0 Å². The van der Waals surface area contributed by atoms with Gasteiger partial charge in [0, 0.05) is 17.7 Å². The molecule has 1 aromatic carbocycles. The lowest BCUT2D eigenvalue weighted by Gasteiger charge is -2.47. The fourth-order valence-electron chi connectivity index (χ4n) is 5.79. The zero-order chi connectivity index (χ0) is 26.3. The zero-order valence-corrected chi connectivity index (χ0v) is 21.5. The molecule has 4 unspecified atom stereocenters. The molecule has 6 atom stereocenters. The molecular formula is C29H35FN2O4. The number of allylic oxidation sites excluding steroid dienone is 1. The van der Waals surface area contributed by atoms with Crippen molar-refractivity contribution in [3.05, 3.63) is 60.2 Å². The largest absolute Gasteiger partial charge is 0.461 e. The monoisotopic (exact) mass is 494 g/mol. The average molecular weight is 495 g/mol. The van der Waals surface area contributed by atoms with E-state index in [9.17, 15) is 19.1 Å². The van der Waals surface area contributed by atoms with Gasteiger partial charge in [0.2, 0.25) is 5.91 Å². The number of cyclic esters (lactones) is 1. The van der Waals surface area contributed by atoms with Gasteiger partial charge >= 0.3 is 5.97 Å². The Kier molecular flexibility index (Phi) is 7.06. The highest BCUT2D eigenvalue weighted by atomic mass is 19.1. The van der Waals surface area contributed by atoms with Crippen LogP contribution < -0.4 is 5.32 Å². The number of fused-ring (bicyclic) bond motifs is 1. The molecule has 2 aromatic rings. The topological polar surface area (TPSA) is 88.5 Å². The maximum Gasteiger partial charge on any atom is 0.322 e. The molecule has 2 aliphatic rings. The standard InChI is InChI=1S/C29H35FN2O4/c1-17-14-29(26(34)32-28(4,5)16-33)25(19(3)36-27(29)35)24(18(17)2)12-11-23-10-9-21(15-31-23)20-7-6-8-22(30)13-20/h6-13,15,17-19,24-25,33H,14,16H2,1-5H3,(H,32,34)/b12-11+/t17?,18?,19-,24?,25?,29-/m1/s1. The number of hydrogen-bond donors (Lipinski definition) is 2. The van der Waals surface area contributed by atoms with Crippen LogP contribution in [0.25, 0.3) is 17.2 Å². The first-order valence-electron chi connectivity index (χ1n) is 12.5. The average Bonchev–Trinajstić information content (AvgIpc) is 3.09. The number of esters is 1. The smallest absolute Gasteiger partial charge is 0.322 e. The molecule has 0 radical (unpaired) electrons. The number of hydrogen-bond acceptors (Lipinski definition) is 5. The molecule has 1 saturated heterocycles. The summed E-state index contributed by atoms with van der Waals surface area (Å²) >= 11 is 0. The van der Waals surface area contributed by atoms with Crippen LogP contribution in [0.3, 0.4) is 0 Å². The minimum atomic E-state index is -1.30. The van der Waals surface area contributed by atoms with Gasteiger partial charge in [-0.25, -0.2) is 4.39 Å². The zero-order valence-electron chi connectivity index (χ0n) is 21.5. The van der Waals surface area contributed by atoms with Crippen LogP contribution in [0, 0.1) is 34.9 Å². The Balaban J connectivity index is 1.64. The summed E-state index contributed by atoms with van der Waals surface area (Å²) in [5, 5.41) is 12.6. The Morgan fingerprint density at radius 2 is 2.00 bits per heavy atom. The number of pyridine rings is 1. The van der Waals surface area contributed by atoms with Gasteiger partial charge in [0.25, 0.3) is 0 Å². The van der Waals surface area contributed by atoms with E-state index in [0.717, 1.165) is 16.8 Å². The third-order valence-corrected chi connectivity index (χ3v) is 7.98. The van der Waals surface area contributed by atoms with Crippen LogP contribution in [-0.2, 0) is 14.3 Å². The normalized spacial score (nSPS) is 30.2. The van der Waals surface area contributed by atoms with Crippen LogP contribution in [0.5, 0.6) is 0 Å². The summed E-state index contributed by atoms with van der Waals surface area (Å²) in [6.07, 6.45) is 5.66. The molecule has 4 rings (SSSR count). The lowest BCUT2D eigenvalue weighted by Crippen LogP contribution is -2.60. The van der Waals surface area contributed by atoms with E-state index in [4.69, 9.17) is 4.74 Å². The second-order valence-corrected chi connectivity index (χ2v) is 11.1. The van der Waals surface area contributed by atoms with E-state index in [-0.39, 0.29) is 42.0 Å². The van der Waals surface area contributed by atoms with Crippen molar-refractivity contribution in [1.29, 1.82) is 0 Å². The number of aliphatic hydroxyl groups excluding tert-OH is 1. The molecule has 0 bridgehead atoms. The third-order valence-electron chi connectivity index (χ3n) is 7.98. The quantitative estimate of drug-likeness (QED) is 0.452. The molecule has 7 heteroatoms. The number of nitrogens with one attached hydrogen (secondary N) is 1. The molecule has 36 heavy (non-hydrogen) atoms. The Bertz CT molecular complexity index is 1160. The number of aromatic nitrogens is 1. The number of carbonyl (C=O) groups excluding carboxylic acids is 2. The van der Waals surface area contributed by atoms with E-state index >= 15 is 0 Å². The van der Waals surface area contributed by atoms with Crippen molar-refractivity contribution in [2.45, 2.75) is 52.7 Å². The summed E-state index contributed by atoms with van der Waals surface area (Å²) < 4.78 is 19.3. The number of halogens is 1. The van der Waals surface area contributed by atoms with Crippen LogP contribution in [0.4, 0.5) is 4.39 Å². The van der Waals surface area contributed by atoms with Gasteiger partial charge in [0.1, 0.15) is 11.9 Å². The number of amides is 1. The van der Waals surface area contributed by atoms with Crippen molar-refractivity contribution in [3.63, 3.8) is 0 Å². The summed E-state index contributed by atoms with van der Waals surface area (Å²) in [4.78, 5) is 31.4. The lowest BCUT2D eigenvalue weighted by molar-refractivity contribution is -0.158. The number of ether oxygens (including phenoxy) is 1. The van der Waals surface area contributed by atoms with Crippen molar-refractivity contribution in [1.82, 2.24) is 10.3 Å². The fraction of sp³-hybridized carbons (Fsp3) is 0.483. The minimum Gasteiger partial charge on any atom is -0.461 e. The molecule has 2 heterocycles. The molecule has 1 aromatic heterocycles. The Hall–Kier alpha value is -3.06. The van der Waals surface area contributed by atoms with E-state index in [1.165, 1.54) is 12.1 Å². The predicted octanol–water partition coefficient (Wildman–Crippen LogP) is 4.63. The van der Waals surface area contributed by atoms with Gasteiger partial charge < -0.3 is 15.2 Å². The SMILES string of the molecule is CC1C[C@@]2(C(=O)NC(C)(C)CO)C(=O)O[C@H](C)C2C(/C=C/c2ccc(-c3cccc(F)c3)cn2)C1C. The van der Waals surface area contributed by atoms with Gasteiger partial charge in [-0.3, -0.25) is 14.6 Å². The molecule has 0 spiro atoms.